The number of hydrogen-bond acceptors (Lipinski definition) is 4. The van der Waals surface area contributed by atoms with Gasteiger partial charge < -0.3 is 4.90 Å². The van der Waals surface area contributed by atoms with Crippen LogP contribution in [0.2, 0.25) is 0 Å². The molecule has 28 heavy (non-hydrogen) atoms. The summed E-state index contributed by atoms with van der Waals surface area (Å²) in [5.41, 5.74) is 6.90. The summed E-state index contributed by atoms with van der Waals surface area (Å²) in [6.07, 6.45) is 1.45. The van der Waals surface area contributed by atoms with E-state index in [-0.39, 0.29) is 5.91 Å². The summed E-state index contributed by atoms with van der Waals surface area (Å²) in [4.78, 5) is 25.8. The van der Waals surface area contributed by atoms with Crippen molar-refractivity contribution in [2.75, 3.05) is 27.2 Å². The number of benzene rings is 1. The number of amides is 1. The Balaban J connectivity index is 1.69. The Morgan fingerprint density at radius 1 is 1.11 bits per heavy atom. The zero-order valence-electron chi connectivity index (χ0n) is 18.0. The van der Waals surface area contributed by atoms with Crippen LogP contribution < -0.4 is 0 Å². The Morgan fingerprint density at radius 2 is 1.79 bits per heavy atom. The molecule has 1 amide bonds. The summed E-state index contributed by atoms with van der Waals surface area (Å²) in [5, 5.41) is 0. The monoisotopic (exact) mass is 380 g/mol. The molecule has 0 bridgehead atoms. The van der Waals surface area contributed by atoms with Gasteiger partial charge in [-0.05, 0) is 57.4 Å². The highest BCUT2D eigenvalue weighted by Gasteiger charge is 2.27. The Labute approximate surface area is 168 Å². The second-order valence-electron chi connectivity index (χ2n) is 8.34. The van der Waals surface area contributed by atoms with Crippen molar-refractivity contribution < 1.29 is 4.79 Å². The number of aryl methyl sites for hydroxylation is 4. The van der Waals surface area contributed by atoms with Crippen LogP contribution in [0.4, 0.5) is 0 Å². The highest BCUT2D eigenvalue weighted by atomic mass is 16.2. The van der Waals surface area contributed by atoms with Gasteiger partial charge in [-0.25, -0.2) is 9.97 Å². The number of carbonyl (C=O) groups is 1. The lowest BCUT2D eigenvalue weighted by atomic mass is 10.0. The van der Waals surface area contributed by atoms with Crippen LogP contribution in [0, 0.1) is 27.7 Å². The minimum absolute atomic E-state index is 0.0861. The molecule has 2 heterocycles. The van der Waals surface area contributed by atoms with Crippen LogP contribution in [0.15, 0.2) is 18.2 Å². The van der Waals surface area contributed by atoms with E-state index in [1.807, 2.05) is 13.8 Å². The van der Waals surface area contributed by atoms with Crippen molar-refractivity contribution in [2.24, 2.45) is 0 Å². The first-order chi connectivity index (χ1) is 13.2. The van der Waals surface area contributed by atoms with Crippen LogP contribution in [0.1, 0.15) is 51.8 Å². The average Bonchev–Trinajstić information content (AvgIpc) is 3.09. The fourth-order valence-electron chi connectivity index (χ4n) is 3.86. The molecule has 1 fully saturated rings. The van der Waals surface area contributed by atoms with Crippen LogP contribution in [-0.2, 0) is 17.8 Å². The molecule has 1 saturated heterocycles. The molecule has 1 atom stereocenters. The number of carbonyl (C=O) groups excluding carboxylic acids is 1. The third kappa shape index (κ3) is 4.58. The van der Waals surface area contributed by atoms with E-state index in [1.165, 1.54) is 16.7 Å². The number of aromatic nitrogens is 2. The summed E-state index contributed by atoms with van der Waals surface area (Å²) in [6, 6.07) is 6.74. The van der Waals surface area contributed by atoms with Crippen LogP contribution in [0.3, 0.4) is 0 Å². The van der Waals surface area contributed by atoms with Crippen LogP contribution >= 0.6 is 0 Å². The first-order valence-electron chi connectivity index (χ1n) is 10.1. The highest BCUT2D eigenvalue weighted by Crippen LogP contribution is 2.27. The fourth-order valence-corrected chi connectivity index (χ4v) is 3.86. The highest BCUT2D eigenvalue weighted by molar-refractivity contribution is 5.78. The Bertz CT molecular complexity index is 852. The fraction of sp³-hybridized carbons (Fsp3) is 0.522. The maximum Gasteiger partial charge on any atom is 0.226 e. The van der Waals surface area contributed by atoms with E-state index in [0.717, 1.165) is 48.8 Å². The van der Waals surface area contributed by atoms with E-state index in [2.05, 4.69) is 36.9 Å². The normalized spacial score (nSPS) is 17.1. The maximum atomic E-state index is 12.1. The molecule has 3 rings (SSSR count). The van der Waals surface area contributed by atoms with Gasteiger partial charge >= 0.3 is 0 Å². The zero-order valence-corrected chi connectivity index (χ0v) is 18.0. The first-order valence-corrected chi connectivity index (χ1v) is 10.1. The van der Waals surface area contributed by atoms with Gasteiger partial charge in [-0.1, -0.05) is 18.2 Å². The van der Waals surface area contributed by atoms with Crippen molar-refractivity contribution in [1.29, 1.82) is 0 Å². The molecule has 1 aliphatic heterocycles. The second-order valence-corrected chi connectivity index (χ2v) is 8.34. The first kappa shape index (κ1) is 20.5. The van der Waals surface area contributed by atoms with Crippen LogP contribution in [0.25, 0.3) is 0 Å². The number of rotatable bonds is 5. The molecule has 0 unspecified atom stereocenters. The van der Waals surface area contributed by atoms with Gasteiger partial charge in [0.2, 0.25) is 5.91 Å². The van der Waals surface area contributed by atoms with Crippen molar-refractivity contribution in [2.45, 2.75) is 53.0 Å². The molecule has 1 aliphatic rings. The van der Waals surface area contributed by atoms with E-state index in [0.29, 0.717) is 12.3 Å². The summed E-state index contributed by atoms with van der Waals surface area (Å²) < 4.78 is 0. The minimum Gasteiger partial charge on any atom is -0.349 e. The number of hydrogen-bond donors (Lipinski definition) is 0. The molecule has 1 aromatic carbocycles. The molecular weight excluding hydrogens is 348 g/mol. The van der Waals surface area contributed by atoms with Gasteiger partial charge in [-0.3, -0.25) is 9.69 Å². The van der Waals surface area contributed by atoms with Gasteiger partial charge in [0.25, 0.3) is 0 Å². The van der Waals surface area contributed by atoms with Crippen molar-refractivity contribution in [3.8, 4) is 0 Å². The maximum absolute atomic E-state index is 12.1. The SMILES string of the molecule is Cc1ccc(CN2CC[C@@H](c3nc(C)c(CC(=O)N(C)C)c(C)n3)C2)cc1C. The molecule has 0 saturated carbocycles. The molecule has 2 aromatic rings. The summed E-state index contributed by atoms with van der Waals surface area (Å²) in [6.45, 7) is 11.4. The lowest BCUT2D eigenvalue weighted by Gasteiger charge is -2.18. The molecule has 0 N–H and O–H groups in total. The zero-order chi connectivity index (χ0) is 20.4. The summed E-state index contributed by atoms with van der Waals surface area (Å²) in [7, 11) is 3.57. The molecule has 5 heteroatoms. The quantitative estimate of drug-likeness (QED) is 0.798. The average molecular weight is 381 g/mol. The van der Waals surface area contributed by atoms with E-state index in [4.69, 9.17) is 9.97 Å². The molecule has 5 nitrogen and oxygen atoms in total. The lowest BCUT2D eigenvalue weighted by Crippen LogP contribution is -2.25. The van der Waals surface area contributed by atoms with Crippen molar-refractivity contribution in [3.63, 3.8) is 0 Å². The van der Waals surface area contributed by atoms with Gasteiger partial charge in [0.1, 0.15) is 5.82 Å². The van der Waals surface area contributed by atoms with Crippen molar-refractivity contribution >= 4 is 5.91 Å². The smallest absolute Gasteiger partial charge is 0.226 e. The van der Waals surface area contributed by atoms with E-state index in [9.17, 15) is 4.79 Å². The van der Waals surface area contributed by atoms with Gasteiger partial charge in [0.15, 0.2) is 0 Å². The van der Waals surface area contributed by atoms with Gasteiger partial charge in [0, 0.05) is 50.1 Å². The number of likely N-dealkylation sites (N-methyl/N-ethyl adjacent to an activating group) is 1. The number of likely N-dealkylation sites (tertiary alicyclic amines) is 1. The van der Waals surface area contributed by atoms with Crippen LogP contribution in [-0.4, -0.2) is 52.9 Å². The molecule has 0 aliphatic carbocycles. The summed E-state index contributed by atoms with van der Waals surface area (Å²) in [5.74, 6) is 1.38. The number of nitrogens with zero attached hydrogens (tertiary/aromatic N) is 4. The molecule has 0 radical (unpaired) electrons. The predicted molar refractivity (Wildman–Crippen MR) is 112 cm³/mol. The van der Waals surface area contributed by atoms with Crippen LogP contribution in [0.5, 0.6) is 0 Å². The Kier molecular flexibility index (Phi) is 6.14. The summed E-state index contributed by atoms with van der Waals surface area (Å²) >= 11 is 0. The third-order valence-corrected chi connectivity index (χ3v) is 5.88. The van der Waals surface area contributed by atoms with Gasteiger partial charge in [-0.15, -0.1) is 0 Å². The van der Waals surface area contributed by atoms with Crippen molar-refractivity contribution in [3.05, 3.63) is 57.7 Å². The van der Waals surface area contributed by atoms with Crippen molar-refractivity contribution in [1.82, 2.24) is 19.8 Å². The molecule has 1 aromatic heterocycles. The molecule has 0 spiro atoms. The Morgan fingerprint density at radius 3 is 2.39 bits per heavy atom. The van der Waals surface area contributed by atoms with E-state index >= 15 is 0 Å². The second kappa shape index (κ2) is 8.39. The predicted octanol–water partition coefficient (Wildman–Crippen LogP) is 3.33. The van der Waals surface area contributed by atoms with E-state index in [1.54, 1.807) is 19.0 Å². The minimum atomic E-state index is 0.0861. The topological polar surface area (TPSA) is 49.3 Å². The third-order valence-electron chi connectivity index (χ3n) is 5.88. The lowest BCUT2D eigenvalue weighted by molar-refractivity contribution is -0.128. The molecular formula is C23H32N4O. The van der Waals surface area contributed by atoms with E-state index < -0.39 is 0 Å². The van der Waals surface area contributed by atoms with Gasteiger partial charge in [-0.2, -0.15) is 0 Å². The standard InChI is InChI=1S/C23H32N4O/c1-15-7-8-19(11-16(15)2)13-27-10-9-20(14-27)23-24-17(3)21(18(4)25-23)12-22(28)26(5)6/h7-8,11,20H,9-10,12-14H2,1-6H3/t20-/m1/s1. The largest absolute Gasteiger partial charge is 0.349 e. The molecule has 150 valence electrons. The Hall–Kier alpha value is -2.27. The van der Waals surface area contributed by atoms with Gasteiger partial charge in [0.05, 0.1) is 6.42 Å².